The van der Waals surface area contributed by atoms with Gasteiger partial charge in [0.2, 0.25) is 0 Å². The molecule has 140 valence electrons. The average Bonchev–Trinajstić information content (AvgIpc) is 2.52. The lowest BCUT2D eigenvalue weighted by Gasteiger charge is -2.66. The van der Waals surface area contributed by atoms with E-state index in [2.05, 4.69) is 45.5 Å². The fraction of sp³-hybridized carbons (Fsp3) is 0.818. The van der Waals surface area contributed by atoms with E-state index in [0.29, 0.717) is 27.8 Å². The molecule has 4 aliphatic rings. The Labute approximate surface area is 157 Å². The minimum absolute atomic E-state index is 0.271. The van der Waals surface area contributed by atoms with E-state index in [1.165, 1.54) is 37.9 Å². The smallest absolute Gasteiger partial charge is 0.116 e. The number of hydrogen-bond acceptors (Lipinski definition) is 3. The molecule has 0 aromatic rings. The van der Waals surface area contributed by atoms with Crippen LogP contribution in [0.4, 0.5) is 0 Å². The van der Waals surface area contributed by atoms with E-state index in [4.69, 9.17) is 4.74 Å². The standard InChI is InChI=1S/C22H34O2S/c1-20(2)8-6-9-21(3)17(20)7-10-22(4)18(21)13-25-16-12-14(23)11-15(24-5)19(16)22/h11-12,16-19,23H,6-10,13H2,1-5H3/t16?,17-,18+,19?,21-,22+/m0/s1. The first kappa shape index (κ1) is 17.8. The summed E-state index contributed by atoms with van der Waals surface area (Å²) in [5.74, 6) is 4.58. The summed E-state index contributed by atoms with van der Waals surface area (Å²) < 4.78 is 5.80. The van der Waals surface area contributed by atoms with Crippen molar-refractivity contribution in [2.45, 2.75) is 65.0 Å². The maximum Gasteiger partial charge on any atom is 0.116 e. The average molecular weight is 363 g/mol. The molecule has 25 heavy (non-hydrogen) atoms. The van der Waals surface area contributed by atoms with Gasteiger partial charge in [-0.3, -0.25) is 0 Å². The lowest BCUT2D eigenvalue weighted by Crippen LogP contribution is -2.60. The Kier molecular flexibility index (Phi) is 4.07. The number of aliphatic hydroxyl groups excluding tert-OH is 1. The van der Waals surface area contributed by atoms with Crippen LogP contribution in [0.3, 0.4) is 0 Å². The zero-order valence-corrected chi connectivity index (χ0v) is 17.3. The number of fused-ring (bicyclic) bond motifs is 5. The summed E-state index contributed by atoms with van der Waals surface area (Å²) in [7, 11) is 1.77. The first-order valence-electron chi connectivity index (χ1n) is 10.0. The van der Waals surface area contributed by atoms with Gasteiger partial charge in [0.25, 0.3) is 0 Å². The lowest BCUT2D eigenvalue weighted by molar-refractivity contribution is -0.139. The predicted octanol–water partition coefficient (Wildman–Crippen LogP) is 5.95. The summed E-state index contributed by atoms with van der Waals surface area (Å²) in [6.45, 7) is 10.2. The van der Waals surface area contributed by atoms with Crippen molar-refractivity contribution in [3.63, 3.8) is 0 Å². The number of hydrogen-bond donors (Lipinski definition) is 1. The molecule has 3 aliphatic carbocycles. The molecule has 0 bridgehead atoms. The van der Waals surface area contributed by atoms with E-state index < -0.39 is 0 Å². The third-order valence-electron chi connectivity index (χ3n) is 8.50. The Balaban J connectivity index is 1.75. The maximum atomic E-state index is 10.1. The minimum atomic E-state index is 0.271. The molecule has 0 radical (unpaired) electrons. The third-order valence-corrected chi connectivity index (χ3v) is 9.82. The minimum Gasteiger partial charge on any atom is -0.508 e. The molecular weight excluding hydrogens is 328 g/mol. The fourth-order valence-electron chi connectivity index (χ4n) is 7.39. The Morgan fingerprint density at radius 1 is 1.08 bits per heavy atom. The van der Waals surface area contributed by atoms with Crippen molar-refractivity contribution in [3.05, 3.63) is 23.7 Å². The van der Waals surface area contributed by atoms with Gasteiger partial charge in [0.15, 0.2) is 0 Å². The van der Waals surface area contributed by atoms with Gasteiger partial charge >= 0.3 is 0 Å². The molecule has 2 unspecified atom stereocenters. The van der Waals surface area contributed by atoms with Gasteiger partial charge in [-0.15, -0.1) is 0 Å². The van der Waals surface area contributed by atoms with Crippen LogP contribution in [0.15, 0.2) is 23.7 Å². The highest BCUT2D eigenvalue weighted by Gasteiger charge is 2.63. The monoisotopic (exact) mass is 362 g/mol. The SMILES string of the molecule is COC1=CC(O)=CC2SC[C@@H]3[C@@]4(C)CCCC(C)(C)[C@@H]4CC[C@@]3(C)C12. The fourth-order valence-corrected chi connectivity index (χ4v) is 9.44. The molecule has 2 saturated carbocycles. The summed E-state index contributed by atoms with van der Waals surface area (Å²) in [4.78, 5) is 0. The highest BCUT2D eigenvalue weighted by atomic mass is 32.2. The molecule has 4 rings (SSSR count). The van der Waals surface area contributed by atoms with Gasteiger partial charge in [-0.1, -0.05) is 34.1 Å². The van der Waals surface area contributed by atoms with Crippen molar-refractivity contribution in [2.24, 2.45) is 34.0 Å². The van der Waals surface area contributed by atoms with Gasteiger partial charge in [0.1, 0.15) is 11.5 Å². The third kappa shape index (κ3) is 2.44. The molecule has 1 saturated heterocycles. The quantitative estimate of drug-likeness (QED) is 0.625. The molecule has 6 atom stereocenters. The summed E-state index contributed by atoms with van der Waals surface area (Å²) in [6.07, 6.45) is 10.7. The predicted molar refractivity (Wildman–Crippen MR) is 106 cm³/mol. The van der Waals surface area contributed by atoms with Crippen molar-refractivity contribution in [1.82, 2.24) is 0 Å². The van der Waals surface area contributed by atoms with Crippen LogP contribution < -0.4 is 0 Å². The van der Waals surface area contributed by atoms with E-state index in [1.807, 2.05) is 6.08 Å². The van der Waals surface area contributed by atoms with E-state index in [1.54, 1.807) is 7.11 Å². The number of allylic oxidation sites excluding steroid dienone is 2. The second-order valence-corrected chi connectivity index (χ2v) is 11.3. The normalized spacial score (nSPS) is 48.4. The van der Waals surface area contributed by atoms with Crippen molar-refractivity contribution in [3.8, 4) is 0 Å². The first-order valence-corrected chi connectivity index (χ1v) is 11.1. The molecule has 0 aromatic carbocycles. The van der Waals surface area contributed by atoms with Crippen LogP contribution in [0.5, 0.6) is 0 Å². The molecule has 0 aromatic heterocycles. The van der Waals surface area contributed by atoms with E-state index in [0.717, 1.165) is 17.6 Å². The molecule has 3 fully saturated rings. The molecule has 0 spiro atoms. The Morgan fingerprint density at radius 2 is 1.84 bits per heavy atom. The molecule has 1 heterocycles. The van der Waals surface area contributed by atoms with Crippen LogP contribution >= 0.6 is 11.8 Å². The van der Waals surface area contributed by atoms with E-state index >= 15 is 0 Å². The van der Waals surface area contributed by atoms with Crippen molar-refractivity contribution in [2.75, 3.05) is 12.9 Å². The Morgan fingerprint density at radius 3 is 2.56 bits per heavy atom. The highest BCUT2D eigenvalue weighted by molar-refractivity contribution is 8.00. The molecular formula is C22H34O2S. The molecule has 1 N–H and O–H groups in total. The van der Waals surface area contributed by atoms with Gasteiger partial charge in [-0.2, -0.15) is 11.8 Å². The second kappa shape index (κ2) is 5.71. The first-order chi connectivity index (χ1) is 11.7. The molecule has 0 amide bonds. The van der Waals surface area contributed by atoms with Gasteiger partial charge < -0.3 is 9.84 Å². The maximum absolute atomic E-state index is 10.1. The van der Waals surface area contributed by atoms with Crippen LogP contribution in [0.2, 0.25) is 0 Å². The second-order valence-electron chi connectivity index (χ2n) is 10.1. The molecule has 2 nitrogen and oxygen atoms in total. The van der Waals surface area contributed by atoms with Gasteiger partial charge in [-0.05, 0) is 65.6 Å². The number of aliphatic hydroxyl groups is 1. The summed E-state index contributed by atoms with van der Waals surface area (Å²) in [6, 6.07) is 0. The summed E-state index contributed by atoms with van der Waals surface area (Å²) >= 11 is 2.05. The Bertz CT molecular complexity index is 622. The lowest BCUT2D eigenvalue weighted by atomic mass is 9.41. The number of thioether (sulfide) groups is 1. The van der Waals surface area contributed by atoms with Crippen LogP contribution in [0, 0.1) is 34.0 Å². The number of rotatable bonds is 1. The van der Waals surface area contributed by atoms with Gasteiger partial charge in [-0.25, -0.2) is 0 Å². The molecule has 3 heteroatoms. The van der Waals surface area contributed by atoms with Crippen LogP contribution in [0.1, 0.15) is 59.8 Å². The summed E-state index contributed by atoms with van der Waals surface area (Å²) in [5, 5.41) is 10.5. The highest BCUT2D eigenvalue weighted by Crippen LogP contribution is 2.69. The van der Waals surface area contributed by atoms with Crippen LogP contribution in [0.25, 0.3) is 0 Å². The van der Waals surface area contributed by atoms with Crippen molar-refractivity contribution in [1.29, 1.82) is 0 Å². The molecule has 1 aliphatic heterocycles. The zero-order chi connectivity index (χ0) is 18.0. The van der Waals surface area contributed by atoms with Gasteiger partial charge in [0.05, 0.1) is 7.11 Å². The Hall–Kier alpha value is -0.570. The van der Waals surface area contributed by atoms with Gasteiger partial charge in [0, 0.05) is 17.2 Å². The largest absolute Gasteiger partial charge is 0.508 e. The number of methoxy groups -OCH3 is 1. The zero-order valence-electron chi connectivity index (χ0n) is 16.5. The van der Waals surface area contributed by atoms with Crippen LogP contribution in [-0.2, 0) is 4.74 Å². The van der Waals surface area contributed by atoms with E-state index in [9.17, 15) is 5.11 Å². The topological polar surface area (TPSA) is 29.5 Å². The van der Waals surface area contributed by atoms with E-state index in [-0.39, 0.29) is 5.41 Å². The number of ether oxygens (including phenoxy) is 1. The summed E-state index contributed by atoms with van der Waals surface area (Å²) in [5.41, 5.74) is 1.18. The van der Waals surface area contributed by atoms with Crippen molar-refractivity contribution >= 4 is 11.8 Å². The van der Waals surface area contributed by atoms with Crippen molar-refractivity contribution < 1.29 is 9.84 Å². The van der Waals surface area contributed by atoms with Crippen LogP contribution in [-0.4, -0.2) is 23.2 Å².